The van der Waals surface area contributed by atoms with Crippen LogP contribution in [-0.2, 0) is 19.1 Å². The number of fused-ring (bicyclic) bond motifs is 1. The van der Waals surface area contributed by atoms with Gasteiger partial charge in [0.1, 0.15) is 17.4 Å². The minimum Gasteiger partial charge on any atom is -0.494 e. The Labute approximate surface area is 291 Å². The molecule has 3 aliphatic heterocycles. The molecule has 2 aromatic rings. The van der Waals surface area contributed by atoms with Crippen LogP contribution >= 0.6 is 0 Å². The van der Waals surface area contributed by atoms with Crippen molar-refractivity contribution in [3.8, 4) is 5.75 Å². The van der Waals surface area contributed by atoms with E-state index in [4.69, 9.17) is 9.47 Å². The molecular weight excluding hydrogens is 618 g/mol. The lowest BCUT2D eigenvalue weighted by Gasteiger charge is -2.39. The van der Waals surface area contributed by atoms with E-state index < -0.39 is 29.1 Å². The number of amides is 3. The number of hydrogen-bond donors (Lipinski definition) is 1. The van der Waals surface area contributed by atoms with E-state index in [1.54, 1.807) is 26.9 Å². The molecule has 2 bridgehead atoms. The van der Waals surface area contributed by atoms with Crippen LogP contribution in [0, 0.1) is 31.6 Å². The summed E-state index contributed by atoms with van der Waals surface area (Å²) in [6.07, 6.45) is 6.86. The standard InChI is InChI=1S/C40H53N3O6/c1-8-22-41(30-18-20-31(21-19-30)48-10-3)36(45)32-33-37(46)43(24-13-11-12-14-25-44)35(40(33)26-29(6)39(32,7)49-40)38(47)42(23-9-2)34-27(4)16-15-17-28(34)5/h8-9,15-21,29,32-33,35,44H,1-2,10-14,22-26H2,3-7H3/t29?,32-,33-,35?,39+,40?/m0/s1. The molecule has 3 unspecified atom stereocenters. The second-order valence-corrected chi connectivity index (χ2v) is 14.0. The molecule has 1 N–H and O–H groups in total. The van der Waals surface area contributed by atoms with Gasteiger partial charge in [0.15, 0.2) is 0 Å². The number of benzene rings is 2. The van der Waals surface area contributed by atoms with Crippen molar-refractivity contribution in [2.75, 3.05) is 42.6 Å². The van der Waals surface area contributed by atoms with Crippen LogP contribution in [0.15, 0.2) is 67.8 Å². The number of aryl methyl sites for hydroxylation is 2. The zero-order chi connectivity index (χ0) is 35.5. The van der Waals surface area contributed by atoms with E-state index in [9.17, 15) is 14.7 Å². The van der Waals surface area contributed by atoms with Gasteiger partial charge in [-0.15, -0.1) is 13.2 Å². The van der Waals surface area contributed by atoms with Crippen LogP contribution in [0.5, 0.6) is 5.75 Å². The van der Waals surface area contributed by atoms with Gasteiger partial charge in [-0.1, -0.05) is 50.1 Å². The van der Waals surface area contributed by atoms with E-state index in [1.165, 1.54) is 0 Å². The molecule has 1 spiro atoms. The maximum absolute atomic E-state index is 15.1. The fourth-order valence-electron chi connectivity index (χ4n) is 8.69. The summed E-state index contributed by atoms with van der Waals surface area (Å²) in [6.45, 7) is 19.3. The van der Waals surface area contributed by atoms with Gasteiger partial charge in [0.05, 0.1) is 24.0 Å². The predicted octanol–water partition coefficient (Wildman–Crippen LogP) is 6.00. The van der Waals surface area contributed by atoms with Gasteiger partial charge in [-0.25, -0.2) is 0 Å². The van der Waals surface area contributed by atoms with Crippen LogP contribution in [0.2, 0.25) is 0 Å². The lowest BCUT2D eigenvalue weighted by Crippen LogP contribution is -2.57. The third kappa shape index (κ3) is 6.32. The normalized spacial score (nSPS) is 26.8. The largest absolute Gasteiger partial charge is 0.494 e. The summed E-state index contributed by atoms with van der Waals surface area (Å²) < 4.78 is 12.7. The number of unbranched alkanes of at least 4 members (excludes halogenated alkanes) is 3. The fraction of sp³-hybridized carbons (Fsp3) is 0.525. The summed E-state index contributed by atoms with van der Waals surface area (Å²) in [6, 6.07) is 12.4. The van der Waals surface area contributed by atoms with E-state index in [-0.39, 0.29) is 43.3 Å². The predicted molar refractivity (Wildman–Crippen MR) is 193 cm³/mol. The highest BCUT2D eigenvalue weighted by Gasteiger charge is 2.80. The molecule has 3 saturated heterocycles. The van der Waals surface area contributed by atoms with Crippen LogP contribution in [0.4, 0.5) is 11.4 Å². The van der Waals surface area contributed by atoms with Crippen molar-refractivity contribution in [1.29, 1.82) is 0 Å². The Kier molecular flexibility index (Phi) is 11.0. The van der Waals surface area contributed by atoms with Crippen molar-refractivity contribution >= 4 is 29.1 Å². The average Bonchev–Trinajstić information content (AvgIpc) is 3.59. The van der Waals surface area contributed by atoms with Gasteiger partial charge in [0.25, 0.3) is 5.91 Å². The highest BCUT2D eigenvalue weighted by Crippen LogP contribution is 2.65. The number of ether oxygens (including phenoxy) is 2. The lowest BCUT2D eigenvalue weighted by atomic mass is 9.62. The molecule has 5 rings (SSSR count). The minimum absolute atomic E-state index is 0.0933. The molecular formula is C40H53N3O6. The number of likely N-dealkylation sites (tertiary alicyclic amines) is 1. The highest BCUT2D eigenvalue weighted by atomic mass is 16.5. The molecule has 0 radical (unpaired) electrons. The maximum atomic E-state index is 15.1. The van der Waals surface area contributed by atoms with Crippen LogP contribution in [0.3, 0.4) is 0 Å². The van der Waals surface area contributed by atoms with Crippen molar-refractivity contribution in [3.63, 3.8) is 0 Å². The first-order chi connectivity index (χ1) is 23.5. The number of rotatable bonds is 16. The van der Waals surface area contributed by atoms with E-state index >= 15 is 4.79 Å². The zero-order valence-corrected chi connectivity index (χ0v) is 29.8. The van der Waals surface area contributed by atoms with Gasteiger partial charge in [-0.2, -0.15) is 0 Å². The summed E-state index contributed by atoms with van der Waals surface area (Å²) in [5, 5.41) is 9.32. The van der Waals surface area contributed by atoms with Crippen molar-refractivity contribution in [2.24, 2.45) is 17.8 Å². The first-order valence-electron chi connectivity index (χ1n) is 17.8. The number of hydrogen-bond acceptors (Lipinski definition) is 6. The Bertz CT molecular complexity index is 1540. The Hall–Kier alpha value is -3.95. The van der Waals surface area contributed by atoms with Gasteiger partial charge in [0, 0.05) is 37.6 Å². The Balaban J connectivity index is 1.59. The Morgan fingerprint density at radius 3 is 2.24 bits per heavy atom. The number of anilines is 2. The molecule has 49 heavy (non-hydrogen) atoms. The van der Waals surface area contributed by atoms with Gasteiger partial charge >= 0.3 is 0 Å². The van der Waals surface area contributed by atoms with Gasteiger partial charge in [-0.3, -0.25) is 14.4 Å². The number of carbonyl (C=O) groups is 3. The molecule has 0 aromatic heterocycles. The summed E-state index contributed by atoms with van der Waals surface area (Å²) in [4.78, 5) is 50.0. The number of carbonyl (C=O) groups excluding carboxylic acids is 3. The number of nitrogens with zero attached hydrogens (tertiary/aromatic N) is 3. The smallest absolute Gasteiger partial charge is 0.253 e. The number of aliphatic hydroxyl groups is 1. The first-order valence-corrected chi connectivity index (χ1v) is 17.8. The number of aliphatic hydroxyl groups excluding tert-OH is 1. The Morgan fingerprint density at radius 2 is 1.63 bits per heavy atom. The lowest BCUT2D eigenvalue weighted by molar-refractivity contribution is -0.145. The van der Waals surface area contributed by atoms with Crippen molar-refractivity contribution in [3.05, 3.63) is 78.9 Å². The van der Waals surface area contributed by atoms with Gasteiger partial charge < -0.3 is 29.3 Å². The maximum Gasteiger partial charge on any atom is 0.253 e. The molecule has 0 aliphatic carbocycles. The topological polar surface area (TPSA) is 99.6 Å². The quantitative estimate of drug-likeness (QED) is 0.174. The zero-order valence-electron chi connectivity index (χ0n) is 29.8. The van der Waals surface area contributed by atoms with Gasteiger partial charge in [-0.05, 0) is 88.3 Å². The minimum atomic E-state index is -1.18. The molecule has 9 heteroatoms. The third-order valence-electron chi connectivity index (χ3n) is 10.9. The van der Waals surface area contributed by atoms with Crippen LogP contribution < -0.4 is 14.5 Å². The molecule has 9 nitrogen and oxygen atoms in total. The number of para-hydroxylation sites is 1. The van der Waals surface area contributed by atoms with Crippen molar-refractivity contribution in [1.82, 2.24) is 4.90 Å². The second kappa shape index (κ2) is 14.9. The third-order valence-corrected chi connectivity index (χ3v) is 10.9. The summed E-state index contributed by atoms with van der Waals surface area (Å²) in [5.74, 6) is -1.67. The average molecular weight is 672 g/mol. The van der Waals surface area contributed by atoms with E-state index in [2.05, 4.69) is 20.1 Å². The SMILES string of the molecule is C=CCN(C(=O)[C@@H]1[C@H]2C(=O)N(CCCCCCO)C(C(=O)N(CC=C)c3c(C)cccc3C)C23CC(C)[C@@]1(C)O3)c1ccc(OCC)cc1. The highest BCUT2D eigenvalue weighted by molar-refractivity contribution is 6.07. The first kappa shape index (κ1) is 36.3. The molecule has 3 fully saturated rings. The second-order valence-electron chi connectivity index (χ2n) is 14.0. The Morgan fingerprint density at radius 1 is 1.00 bits per heavy atom. The molecule has 3 amide bonds. The summed E-state index contributed by atoms with van der Waals surface area (Å²) in [5.41, 5.74) is 1.23. The molecule has 3 aliphatic rings. The van der Waals surface area contributed by atoms with Gasteiger partial charge in [0.2, 0.25) is 11.8 Å². The van der Waals surface area contributed by atoms with E-state index in [0.29, 0.717) is 43.9 Å². The van der Waals surface area contributed by atoms with Crippen LogP contribution in [-0.4, -0.2) is 77.8 Å². The van der Waals surface area contributed by atoms with Crippen molar-refractivity contribution in [2.45, 2.75) is 84.0 Å². The molecule has 3 heterocycles. The molecule has 0 saturated carbocycles. The monoisotopic (exact) mass is 671 g/mol. The van der Waals surface area contributed by atoms with Crippen LogP contribution in [0.1, 0.15) is 64.0 Å². The molecule has 6 atom stereocenters. The molecule has 264 valence electrons. The van der Waals surface area contributed by atoms with Crippen molar-refractivity contribution < 1.29 is 29.0 Å². The fourth-order valence-corrected chi connectivity index (χ4v) is 8.69. The summed E-state index contributed by atoms with van der Waals surface area (Å²) in [7, 11) is 0. The van der Waals surface area contributed by atoms with Crippen LogP contribution in [0.25, 0.3) is 0 Å². The van der Waals surface area contributed by atoms with E-state index in [1.807, 2.05) is 70.2 Å². The summed E-state index contributed by atoms with van der Waals surface area (Å²) >= 11 is 0. The van der Waals surface area contributed by atoms with E-state index in [0.717, 1.165) is 29.7 Å². The molecule has 2 aromatic carbocycles.